The van der Waals surface area contributed by atoms with Crippen molar-refractivity contribution in [3.05, 3.63) is 41.5 Å². The van der Waals surface area contributed by atoms with Crippen molar-refractivity contribution in [2.24, 2.45) is 0 Å². The molecule has 17 heavy (non-hydrogen) atoms. The summed E-state index contributed by atoms with van der Waals surface area (Å²) in [6.07, 6.45) is 8.79. The molecule has 0 saturated carbocycles. The van der Waals surface area contributed by atoms with E-state index < -0.39 is 0 Å². The Morgan fingerprint density at radius 3 is 2.59 bits per heavy atom. The van der Waals surface area contributed by atoms with Gasteiger partial charge >= 0.3 is 0 Å². The van der Waals surface area contributed by atoms with Crippen molar-refractivity contribution in [3.8, 4) is 6.07 Å². The summed E-state index contributed by atoms with van der Waals surface area (Å²) in [7, 11) is 0. The average Bonchev–Trinajstić information content (AvgIpc) is 2.67. The summed E-state index contributed by atoms with van der Waals surface area (Å²) >= 11 is 0. The second-order valence-electron chi connectivity index (χ2n) is 4.80. The van der Waals surface area contributed by atoms with Gasteiger partial charge in [-0.25, -0.2) is 0 Å². The lowest BCUT2D eigenvalue weighted by Crippen LogP contribution is -1.90. The molecule has 0 radical (unpaired) electrons. The predicted molar refractivity (Wildman–Crippen MR) is 71.5 cm³/mol. The lowest BCUT2D eigenvalue weighted by Gasteiger charge is -2.08. The Labute approximate surface area is 104 Å². The summed E-state index contributed by atoms with van der Waals surface area (Å²) < 4.78 is 0. The Kier molecular flexibility index (Phi) is 3.98. The normalized spacial score (nSPS) is 17.8. The van der Waals surface area contributed by atoms with E-state index in [2.05, 4.69) is 36.4 Å². The molecule has 0 heterocycles. The summed E-state index contributed by atoms with van der Waals surface area (Å²) in [5.74, 6) is -0.00726. The van der Waals surface area contributed by atoms with Crippen molar-refractivity contribution in [3.63, 3.8) is 0 Å². The smallest absolute Gasteiger partial charge is 0.0700 e. The topological polar surface area (TPSA) is 23.8 Å². The van der Waals surface area contributed by atoms with Gasteiger partial charge in [0.25, 0.3) is 0 Å². The first kappa shape index (κ1) is 11.9. The van der Waals surface area contributed by atoms with Crippen LogP contribution in [-0.4, -0.2) is 0 Å². The molecule has 1 aliphatic carbocycles. The van der Waals surface area contributed by atoms with Crippen molar-refractivity contribution in [2.75, 3.05) is 0 Å². The van der Waals surface area contributed by atoms with Gasteiger partial charge in [0.15, 0.2) is 0 Å². The highest BCUT2D eigenvalue weighted by molar-refractivity contribution is 5.66. The maximum Gasteiger partial charge on any atom is 0.0700 e. The number of hydrogen-bond acceptors (Lipinski definition) is 1. The van der Waals surface area contributed by atoms with Crippen LogP contribution in [0.5, 0.6) is 0 Å². The number of allylic oxidation sites excluding steroid dienone is 2. The van der Waals surface area contributed by atoms with Crippen LogP contribution in [0.25, 0.3) is 5.57 Å². The van der Waals surface area contributed by atoms with Crippen molar-refractivity contribution in [2.45, 2.75) is 44.9 Å². The van der Waals surface area contributed by atoms with E-state index in [1.807, 2.05) is 6.92 Å². The van der Waals surface area contributed by atoms with Gasteiger partial charge in [0.05, 0.1) is 12.0 Å². The Bertz CT molecular complexity index is 434. The fourth-order valence-corrected chi connectivity index (χ4v) is 2.34. The van der Waals surface area contributed by atoms with Crippen LogP contribution in [0.1, 0.15) is 56.1 Å². The lowest BCUT2D eigenvalue weighted by molar-refractivity contribution is 0.720. The number of benzene rings is 1. The maximum atomic E-state index is 8.88. The molecular weight excluding hydrogens is 206 g/mol. The highest BCUT2D eigenvalue weighted by Gasteiger charge is 2.07. The number of nitrogens with zero attached hydrogens (tertiary/aromatic N) is 1. The summed E-state index contributed by atoms with van der Waals surface area (Å²) in [5.41, 5.74) is 3.94. The van der Waals surface area contributed by atoms with Gasteiger partial charge < -0.3 is 0 Å². The van der Waals surface area contributed by atoms with Crippen LogP contribution in [0, 0.1) is 11.3 Å². The first-order valence-corrected chi connectivity index (χ1v) is 6.50. The summed E-state index contributed by atoms with van der Waals surface area (Å²) in [5, 5.41) is 8.88. The average molecular weight is 225 g/mol. The van der Waals surface area contributed by atoms with Crippen LogP contribution in [-0.2, 0) is 0 Å². The highest BCUT2D eigenvalue weighted by Crippen LogP contribution is 2.27. The first-order chi connectivity index (χ1) is 8.31. The Hall–Kier alpha value is -1.55. The van der Waals surface area contributed by atoms with Crippen LogP contribution < -0.4 is 0 Å². The van der Waals surface area contributed by atoms with E-state index in [-0.39, 0.29) is 5.92 Å². The number of rotatable bonds is 2. The molecule has 2 rings (SSSR count). The van der Waals surface area contributed by atoms with Gasteiger partial charge in [-0.1, -0.05) is 36.8 Å². The number of hydrogen-bond donors (Lipinski definition) is 0. The molecule has 1 aromatic rings. The molecule has 1 aliphatic rings. The third-order valence-electron chi connectivity index (χ3n) is 3.52. The minimum atomic E-state index is -0.00726. The van der Waals surface area contributed by atoms with E-state index in [4.69, 9.17) is 5.26 Å². The third kappa shape index (κ3) is 2.97. The minimum Gasteiger partial charge on any atom is -0.198 e. The van der Waals surface area contributed by atoms with Crippen LogP contribution in [0.2, 0.25) is 0 Å². The fraction of sp³-hybridized carbons (Fsp3) is 0.438. The Morgan fingerprint density at radius 1 is 1.12 bits per heavy atom. The van der Waals surface area contributed by atoms with Gasteiger partial charge in [-0.05, 0) is 49.3 Å². The Balaban J connectivity index is 2.17. The summed E-state index contributed by atoms with van der Waals surface area (Å²) in [6, 6.07) is 10.8. The van der Waals surface area contributed by atoms with Gasteiger partial charge in [-0.3, -0.25) is 0 Å². The third-order valence-corrected chi connectivity index (χ3v) is 3.52. The predicted octanol–water partition coefficient (Wildman–Crippen LogP) is 4.66. The zero-order chi connectivity index (χ0) is 12.1. The molecule has 88 valence electrons. The molecule has 0 N–H and O–H groups in total. The standard InChI is InChI=1S/C16H19N/c1-13(12-17)14-8-10-16(11-9-14)15-6-4-2-3-5-7-15/h6,8-11,13H,2-5,7H2,1H3. The molecule has 0 fully saturated rings. The van der Waals surface area contributed by atoms with E-state index in [9.17, 15) is 0 Å². The highest BCUT2D eigenvalue weighted by atomic mass is 14.3. The molecule has 0 saturated heterocycles. The molecule has 1 unspecified atom stereocenters. The molecule has 0 spiro atoms. The van der Waals surface area contributed by atoms with Crippen molar-refractivity contribution < 1.29 is 0 Å². The number of nitriles is 1. The van der Waals surface area contributed by atoms with Crippen molar-refractivity contribution in [1.82, 2.24) is 0 Å². The minimum absolute atomic E-state index is 0.00726. The zero-order valence-corrected chi connectivity index (χ0v) is 10.4. The molecule has 1 aromatic carbocycles. The largest absolute Gasteiger partial charge is 0.198 e. The quantitative estimate of drug-likeness (QED) is 0.718. The molecular formula is C16H19N. The molecule has 0 aromatic heterocycles. The van der Waals surface area contributed by atoms with Gasteiger partial charge in [0, 0.05) is 0 Å². The monoisotopic (exact) mass is 225 g/mol. The van der Waals surface area contributed by atoms with E-state index in [1.54, 1.807) is 0 Å². The fourth-order valence-electron chi connectivity index (χ4n) is 2.34. The van der Waals surface area contributed by atoms with Crippen LogP contribution in [0.15, 0.2) is 30.3 Å². The van der Waals surface area contributed by atoms with E-state index in [0.29, 0.717) is 0 Å². The summed E-state index contributed by atoms with van der Waals surface area (Å²) in [4.78, 5) is 0. The van der Waals surface area contributed by atoms with Crippen molar-refractivity contribution >= 4 is 5.57 Å². The molecule has 1 atom stereocenters. The van der Waals surface area contributed by atoms with Crippen LogP contribution in [0.3, 0.4) is 0 Å². The van der Waals surface area contributed by atoms with Gasteiger partial charge in [0.2, 0.25) is 0 Å². The molecule has 0 bridgehead atoms. The second-order valence-corrected chi connectivity index (χ2v) is 4.80. The van der Waals surface area contributed by atoms with E-state index in [0.717, 1.165) is 5.56 Å². The SMILES string of the molecule is CC(C#N)c1ccc(C2=CCCCCC2)cc1. The van der Waals surface area contributed by atoms with Crippen molar-refractivity contribution in [1.29, 1.82) is 5.26 Å². The molecule has 0 amide bonds. The first-order valence-electron chi connectivity index (χ1n) is 6.50. The van der Waals surface area contributed by atoms with Gasteiger partial charge in [0.1, 0.15) is 0 Å². The zero-order valence-electron chi connectivity index (χ0n) is 10.4. The summed E-state index contributed by atoms with van der Waals surface area (Å²) in [6.45, 7) is 1.94. The Morgan fingerprint density at radius 2 is 1.88 bits per heavy atom. The molecule has 1 nitrogen and oxygen atoms in total. The van der Waals surface area contributed by atoms with E-state index >= 15 is 0 Å². The van der Waals surface area contributed by atoms with E-state index in [1.165, 1.54) is 43.2 Å². The van der Waals surface area contributed by atoms with Crippen LogP contribution >= 0.6 is 0 Å². The second kappa shape index (κ2) is 5.68. The molecule has 0 aliphatic heterocycles. The van der Waals surface area contributed by atoms with Gasteiger partial charge in [-0.2, -0.15) is 5.26 Å². The molecule has 1 heteroatoms. The lowest BCUT2D eigenvalue weighted by atomic mass is 9.96. The van der Waals surface area contributed by atoms with Crippen LogP contribution in [0.4, 0.5) is 0 Å². The maximum absolute atomic E-state index is 8.88. The van der Waals surface area contributed by atoms with Gasteiger partial charge in [-0.15, -0.1) is 0 Å².